The van der Waals surface area contributed by atoms with Gasteiger partial charge >= 0.3 is 12.2 Å². The first-order chi connectivity index (χ1) is 14.2. The monoisotopic (exact) mass is 420 g/mol. The second-order valence-electron chi connectivity index (χ2n) is 7.09. The van der Waals surface area contributed by atoms with Crippen LogP contribution in [0.3, 0.4) is 0 Å². The van der Waals surface area contributed by atoms with E-state index in [1.807, 2.05) is 6.92 Å². The maximum Gasteiger partial charge on any atom is 0.435 e. The molecular formula is C19H25FN6O4. The maximum atomic E-state index is 14.3. The average molecular weight is 420 g/mol. The summed E-state index contributed by atoms with van der Waals surface area (Å²) in [4.78, 5) is 34.6. The maximum absolute atomic E-state index is 14.3. The van der Waals surface area contributed by atoms with Crippen molar-refractivity contribution in [2.45, 2.75) is 53.1 Å². The number of nitrogens with one attached hydrogen (secondary N) is 1. The molecule has 10 nitrogen and oxygen atoms in total. The summed E-state index contributed by atoms with van der Waals surface area (Å²) in [5, 5.41) is 7.15. The molecule has 30 heavy (non-hydrogen) atoms. The summed E-state index contributed by atoms with van der Waals surface area (Å²) in [6.07, 6.45) is 0.374. The molecule has 0 aromatic carbocycles. The van der Waals surface area contributed by atoms with Gasteiger partial charge in [-0.3, -0.25) is 4.90 Å². The third-order valence-corrected chi connectivity index (χ3v) is 4.83. The van der Waals surface area contributed by atoms with Gasteiger partial charge in [0.25, 0.3) is 0 Å². The van der Waals surface area contributed by atoms with Crippen molar-refractivity contribution in [3.8, 4) is 0 Å². The summed E-state index contributed by atoms with van der Waals surface area (Å²) in [5.41, 5.74) is 0.0962. The van der Waals surface area contributed by atoms with Crippen LogP contribution in [0.1, 0.15) is 51.7 Å². The lowest BCUT2D eigenvalue weighted by molar-refractivity contribution is 0.0669. The Morgan fingerprint density at radius 2 is 1.83 bits per heavy atom. The molecule has 0 spiro atoms. The van der Waals surface area contributed by atoms with E-state index in [4.69, 9.17) is 9.47 Å². The number of amides is 1. The average Bonchev–Trinajstić information content (AvgIpc) is 3.19. The van der Waals surface area contributed by atoms with Gasteiger partial charge in [-0.05, 0) is 27.7 Å². The highest BCUT2D eigenvalue weighted by Crippen LogP contribution is 2.43. The van der Waals surface area contributed by atoms with Gasteiger partial charge in [0, 0.05) is 12.0 Å². The van der Waals surface area contributed by atoms with Crippen molar-refractivity contribution in [2.24, 2.45) is 0 Å². The Morgan fingerprint density at radius 3 is 2.47 bits per heavy atom. The molecule has 0 atom stereocenters. The summed E-state index contributed by atoms with van der Waals surface area (Å²) in [6, 6.07) is 0. The number of hydrogen-bond donors (Lipinski definition) is 1. The number of anilines is 2. The highest BCUT2D eigenvalue weighted by molar-refractivity contribution is 5.77. The van der Waals surface area contributed by atoms with Crippen molar-refractivity contribution in [1.82, 2.24) is 24.6 Å². The number of carbonyl (C=O) groups is 2. The largest absolute Gasteiger partial charge is 0.450 e. The van der Waals surface area contributed by atoms with Gasteiger partial charge in [-0.1, -0.05) is 6.92 Å². The topological polar surface area (TPSA) is 111 Å². The molecule has 0 unspecified atom stereocenters. The lowest BCUT2D eigenvalue weighted by Crippen LogP contribution is -2.42. The highest BCUT2D eigenvalue weighted by Gasteiger charge is 2.47. The number of nitrogens with zero attached hydrogens (tertiary/aromatic N) is 5. The summed E-state index contributed by atoms with van der Waals surface area (Å²) in [5.74, 6) is -0.0666. The fourth-order valence-electron chi connectivity index (χ4n) is 3.40. The summed E-state index contributed by atoms with van der Waals surface area (Å²) in [7, 11) is 0. The van der Waals surface area contributed by atoms with Crippen LogP contribution in [0.2, 0.25) is 0 Å². The minimum atomic E-state index is -0.917. The number of carbonyl (C=O) groups excluding carboxylic acids is 2. The number of hydrogen-bond acceptors (Lipinski definition) is 8. The lowest BCUT2D eigenvalue weighted by atomic mass is 10.0. The molecule has 3 rings (SSSR count). The quantitative estimate of drug-likeness (QED) is 0.784. The molecule has 0 aliphatic carbocycles. The normalized spacial score (nSPS) is 14.4. The zero-order valence-corrected chi connectivity index (χ0v) is 17.7. The van der Waals surface area contributed by atoms with E-state index in [1.54, 1.807) is 27.7 Å². The number of halogens is 1. The van der Waals surface area contributed by atoms with Crippen molar-refractivity contribution in [2.75, 3.05) is 18.5 Å². The van der Waals surface area contributed by atoms with Crippen LogP contribution < -0.4 is 5.32 Å². The fourth-order valence-corrected chi connectivity index (χ4v) is 3.40. The number of ether oxygens (including phenoxy) is 2. The molecule has 162 valence electrons. The molecule has 2 aromatic heterocycles. The molecule has 1 aliphatic heterocycles. The van der Waals surface area contributed by atoms with E-state index in [2.05, 4.69) is 20.4 Å². The minimum Gasteiger partial charge on any atom is -0.450 e. The number of aromatic nitrogens is 4. The van der Waals surface area contributed by atoms with E-state index >= 15 is 0 Å². The molecule has 3 heterocycles. The molecule has 0 fully saturated rings. The van der Waals surface area contributed by atoms with Crippen LogP contribution in [-0.2, 0) is 28.0 Å². The van der Waals surface area contributed by atoms with Gasteiger partial charge in [0.2, 0.25) is 0 Å². The van der Waals surface area contributed by atoms with Gasteiger partial charge in [-0.15, -0.1) is 5.10 Å². The van der Waals surface area contributed by atoms with Crippen LogP contribution in [0.15, 0.2) is 6.20 Å². The number of rotatable bonds is 5. The standard InChI is InChI=1S/C19H25FN6O4/c1-6-13-21-9-12(20)16(22-13)23-15-11-10-25(17(27)29-7-2)19(4,5)14(11)26(24-15)18(28)30-8-3/h9H,6-8,10H2,1-5H3,(H,21,22,23,24). The van der Waals surface area contributed by atoms with Crippen molar-refractivity contribution < 1.29 is 23.5 Å². The Kier molecular flexibility index (Phi) is 5.90. The third-order valence-electron chi connectivity index (χ3n) is 4.83. The molecular weight excluding hydrogens is 395 g/mol. The van der Waals surface area contributed by atoms with E-state index in [0.717, 1.165) is 10.9 Å². The van der Waals surface area contributed by atoms with Crippen LogP contribution in [0, 0.1) is 5.82 Å². The molecule has 2 aromatic rings. The smallest absolute Gasteiger partial charge is 0.435 e. The van der Waals surface area contributed by atoms with Crippen LogP contribution >= 0.6 is 0 Å². The summed E-state index contributed by atoms with van der Waals surface area (Å²) < 4.78 is 25.7. The van der Waals surface area contributed by atoms with Crippen molar-refractivity contribution in [3.05, 3.63) is 29.1 Å². The summed E-state index contributed by atoms with van der Waals surface area (Å²) in [6.45, 7) is 9.28. The van der Waals surface area contributed by atoms with E-state index < -0.39 is 23.5 Å². The second-order valence-corrected chi connectivity index (χ2v) is 7.09. The van der Waals surface area contributed by atoms with Crippen molar-refractivity contribution >= 4 is 23.8 Å². The van der Waals surface area contributed by atoms with Gasteiger partial charge in [-0.2, -0.15) is 4.68 Å². The Hall–Kier alpha value is -3.24. The van der Waals surface area contributed by atoms with Crippen molar-refractivity contribution in [3.63, 3.8) is 0 Å². The Labute approximate surface area is 173 Å². The number of aryl methyl sites for hydroxylation is 1. The van der Waals surface area contributed by atoms with Crippen LogP contribution in [-0.4, -0.2) is 50.0 Å². The Morgan fingerprint density at radius 1 is 1.17 bits per heavy atom. The predicted octanol–water partition coefficient (Wildman–Crippen LogP) is 3.33. The fraction of sp³-hybridized carbons (Fsp3) is 0.526. The zero-order chi connectivity index (χ0) is 22.1. The Bertz CT molecular complexity index is 974. The second kappa shape index (κ2) is 8.25. The van der Waals surface area contributed by atoms with Gasteiger partial charge in [0.15, 0.2) is 17.5 Å². The highest BCUT2D eigenvalue weighted by atomic mass is 19.1. The first kappa shape index (κ1) is 21.5. The van der Waals surface area contributed by atoms with Gasteiger partial charge in [0.1, 0.15) is 5.82 Å². The van der Waals surface area contributed by atoms with Gasteiger partial charge in [-0.25, -0.2) is 23.9 Å². The SMILES string of the molecule is CCOC(=O)N1Cc2c(Nc3nc(CC)ncc3F)nn(C(=O)OCC)c2C1(C)C. The zero-order valence-electron chi connectivity index (χ0n) is 17.7. The van der Waals surface area contributed by atoms with Crippen molar-refractivity contribution in [1.29, 1.82) is 0 Å². The van der Waals surface area contributed by atoms with Gasteiger partial charge in [0.05, 0.1) is 37.2 Å². The lowest BCUT2D eigenvalue weighted by Gasteiger charge is -2.31. The molecule has 11 heteroatoms. The third kappa shape index (κ3) is 3.66. The van der Waals surface area contributed by atoms with E-state index in [-0.39, 0.29) is 31.4 Å². The molecule has 1 N–H and O–H groups in total. The number of fused-ring (bicyclic) bond motifs is 1. The molecule has 0 saturated heterocycles. The molecule has 0 saturated carbocycles. The molecule has 0 radical (unpaired) electrons. The molecule has 1 aliphatic rings. The first-order valence-electron chi connectivity index (χ1n) is 9.76. The van der Waals surface area contributed by atoms with E-state index in [9.17, 15) is 14.0 Å². The van der Waals surface area contributed by atoms with Crippen LogP contribution in [0.5, 0.6) is 0 Å². The first-order valence-corrected chi connectivity index (χ1v) is 9.76. The van der Waals surface area contributed by atoms with Gasteiger partial charge < -0.3 is 14.8 Å². The minimum absolute atomic E-state index is 0.0643. The molecule has 0 bridgehead atoms. The van der Waals surface area contributed by atoms with Crippen LogP contribution in [0.4, 0.5) is 25.6 Å². The predicted molar refractivity (Wildman–Crippen MR) is 105 cm³/mol. The van der Waals surface area contributed by atoms with E-state index in [0.29, 0.717) is 23.5 Å². The van der Waals surface area contributed by atoms with E-state index in [1.165, 1.54) is 4.90 Å². The summed E-state index contributed by atoms with van der Waals surface area (Å²) >= 11 is 0. The molecule has 1 amide bonds. The van der Waals surface area contributed by atoms with Crippen LogP contribution in [0.25, 0.3) is 0 Å². The Balaban J connectivity index is 2.08.